The van der Waals surface area contributed by atoms with E-state index in [2.05, 4.69) is 81.9 Å². The van der Waals surface area contributed by atoms with Gasteiger partial charge >= 0.3 is 0 Å². The Balaban J connectivity index is 1.25. The first-order valence-corrected chi connectivity index (χ1v) is 10.9. The van der Waals surface area contributed by atoms with Gasteiger partial charge in [-0.2, -0.15) is 0 Å². The molecule has 2 aromatic rings. The van der Waals surface area contributed by atoms with E-state index in [0.29, 0.717) is 0 Å². The van der Waals surface area contributed by atoms with E-state index in [-0.39, 0.29) is 0 Å². The fraction of sp³-hybridized carbons (Fsp3) is 0.500. The normalized spacial score (nSPS) is 11.0. The van der Waals surface area contributed by atoms with Crippen LogP contribution in [-0.2, 0) is 13.1 Å². The fourth-order valence-corrected chi connectivity index (χ4v) is 3.11. The molecule has 0 aliphatic rings. The van der Waals surface area contributed by atoms with Crippen molar-refractivity contribution in [2.45, 2.75) is 38.8 Å². The largest absolute Gasteiger partial charge is 0.315 e. The summed E-state index contributed by atoms with van der Waals surface area (Å²) in [5.41, 5.74) is 2.70. The van der Waals surface area contributed by atoms with E-state index in [0.717, 1.165) is 52.4 Å². The summed E-state index contributed by atoms with van der Waals surface area (Å²) < 4.78 is 0. The molecule has 0 aliphatic heterocycles. The molecule has 0 heterocycles. The molecule has 0 saturated heterocycles. The van der Waals surface area contributed by atoms with Gasteiger partial charge in [-0.05, 0) is 37.1 Å². The molecule has 0 bridgehead atoms. The molecule has 154 valence electrons. The Hall–Kier alpha value is -1.72. The fourth-order valence-electron chi connectivity index (χ4n) is 3.11. The topological polar surface area (TPSA) is 48.1 Å². The van der Waals surface area contributed by atoms with Crippen LogP contribution in [-0.4, -0.2) is 39.3 Å². The zero-order valence-electron chi connectivity index (χ0n) is 17.3. The van der Waals surface area contributed by atoms with Gasteiger partial charge in [0.25, 0.3) is 0 Å². The molecule has 0 aromatic heterocycles. The van der Waals surface area contributed by atoms with Gasteiger partial charge in [-0.3, -0.25) is 0 Å². The number of unbranched alkanes of at least 4 members (excludes halogenated alkanes) is 3. The average molecular weight is 383 g/mol. The highest BCUT2D eigenvalue weighted by Gasteiger charge is 1.94. The van der Waals surface area contributed by atoms with E-state index in [1.807, 2.05) is 0 Å². The minimum absolute atomic E-state index is 0.956. The molecule has 2 rings (SSSR count). The second kappa shape index (κ2) is 16.3. The second-order valence-electron chi connectivity index (χ2n) is 7.24. The molecular weight excluding hydrogens is 344 g/mol. The predicted molar refractivity (Wildman–Crippen MR) is 121 cm³/mol. The van der Waals surface area contributed by atoms with Crippen molar-refractivity contribution in [2.75, 3.05) is 39.3 Å². The van der Waals surface area contributed by atoms with Crippen LogP contribution in [0.5, 0.6) is 0 Å². The summed E-state index contributed by atoms with van der Waals surface area (Å²) in [6.07, 6.45) is 5.19. The van der Waals surface area contributed by atoms with Crippen LogP contribution in [0.1, 0.15) is 36.8 Å². The predicted octanol–water partition coefficient (Wildman–Crippen LogP) is 3.31. The third kappa shape index (κ3) is 11.9. The van der Waals surface area contributed by atoms with E-state index >= 15 is 0 Å². The van der Waals surface area contributed by atoms with Crippen molar-refractivity contribution >= 4 is 0 Å². The standard InChI is InChI=1S/C24H38N4/c1(9-15-25-17-19-27-21-23-11-5-3-6-12-23)2-10-16-26-18-20-28-22-24-13-7-4-8-14-24/h3-8,11-14,25-28H,1-2,9-10,15-22H2. The summed E-state index contributed by atoms with van der Waals surface area (Å²) >= 11 is 0. The van der Waals surface area contributed by atoms with Gasteiger partial charge < -0.3 is 21.3 Å². The lowest BCUT2D eigenvalue weighted by molar-refractivity contribution is 0.545. The quantitative estimate of drug-likeness (QED) is 0.317. The number of hydrogen-bond acceptors (Lipinski definition) is 4. The molecule has 4 nitrogen and oxygen atoms in total. The van der Waals surface area contributed by atoms with Crippen molar-refractivity contribution in [3.63, 3.8) is 0 Å². The van der Waals surface area contributed by atoms with Gasteiger partial charge in [0.1, 0.15) is 0 Å². The van der Waals surface area contributed by atoms with Crippen molar-refractivity contribution in [2.24, 2.45) is 0 Å². The smallest absolute Gasteiger partial charge is 0.0206 e. The maximum absolute atomic E-state index is 3.52. The van der Waals surface area contributed by atoms with Crippen LogP contribution in [0.15, 0.2) is 60.7 Å². The third-order valence-corrected chi connectivity index (χ3v) is 4.76. The van der Waals surface area contributed by atoms with Crippen LogP contribution in [0.2, 0.25) is 0 Å². The molecule has 4 N–H and O–H groups in total. The molecule has 0 aliphatic carbocycles. The zero-order valence-corrected chi connectivity index (χ0v) is 17.3. The highest BCUT2D eigenvalue weighted by molar-refractivity contribution is 5.14. The van der Waals surface area contributed by atoms with Crippen molar-refractivity contribution in [3.8, 4) is 0 Å². The maximum Gasteiger partial charge on any atom is 0.0206 e. The van der Waals surface area contributed by atoms with E-state index in [1.165, 1.54) is 36.8 Å². The number of rotatable bonds is 17. The molecule has 0 fully saturated rings. The molecule has 28 heavy (non-hydrogen) atoms. The molecule has 0 unspecified atom stereocenters. The van der Waals surface area contributed by atoms with Crippen molar-refractivity contribution in [3.05, 3.63) is 71.8 Å². The molecule has 0 spiro atoms. The molecule has 0 atom stereocenters. The van der Waals surface area contributed by atoms with Gasteiger partial charge in [-0.1, -0.05) is 73.5 Å². The average Bonchev–Trinajstić information content (AvgIpc) is 2.75. The number of hydrogen-bond donors (Lipinski definition) is 4. The Morgan fingerprint density at radius 3 is 1.21 bits per heavy atom. The van der Waals surface area contributed by atoms with Crippen molar-refractivity contribution in [1.29, 1.82) is 0 Å². The third-order valence-electron chi connectivity index (χ3n) is 4.76. The number of nitrogens with one attached hydrogen (secondary N) is 4. The summed E-state index contributed by atoms with van der Waals surface area (Å²) in [6, 6.07) is 21.1. The van der Waals surface area contributed by atoms with Crippen LogP contribution in [0.25, 0.3) is 0 Å². The van der Waals surface area contributed by atoms with Crippen LogP contribution in [0.4, 0.5) is 0 Å². The molecule has 0 amide bonds. The summed E-state index contributed by atoms with van der Waals surface area (Å²) in [7, 11) is 0. The van der Waals surface area contributed by atoms with Gasteiger partial charge in [-0.25, -0.2) is 0 Å². The van der Waals surface area contributed by atoms with Crippen LogP contribution < -0.4 is 21.3 Å². The Morgan fingerprint density at radius 1 is 0.393 bits per heavy atom. The lowest BCUT2D eigenvalue weighted by Crippen LogP contribution is -2.28. The van der Waals surface area contributed by atoms with Crippen molar-refractivity contribution < 1.29 is 0 Å². The lowest BCUT2D eigenvalue weighted by atomic mass is 10.2. The van der Waals surface area contributed by atoms with E-state index < -0.39 is 0 Å². The van der Waals surface area contributed by atoms with E-state index in [4.69, 9.17) is 0 Å². The Labute approximate surface area is 171 Å². The van der Waals surface area contributed by atoms with Gasteiger partial charge in [0.05, 0.1) is 0 Å². The molecule has 0 radical (unpaired) electrons. The lowest BCUT2D eigenvalue weighted by Gasteiger charge is -2.08. The minimum Gasteiger partial charge on any atom is -0.315 e. The summed E-state index contributed by atoms with van der Waals surface area (Å²) in [5.74, 6) is 0. The molecule has 4 heteroatoms. The Kier molecular flexibility index (Phi) is 13.1. The first kappa shape index (κ1) is 22.6. The second-order valence-corrected chi connectivity index (χ2v) is 7.24. The number of benzene rings is 2. The molecule has 0 saturated carbocycles. The zero-order chi connectivity index (χ0) is 19.5. The SMILES string of the molecule is c1ccc(CNCCNCCCCCCNCCNCc2ccccc2)cc1. The first-order chi connectivity index (χ1) is 13.9. The van der Waals surface area contributed by atoms with Gasteiger partial charge in [0, 0.05) is 39.3 Å². The maximum atomic E-state index is 3.52. The monoisotopic (exact) mass is 382 g/mol. The van der Waals surface area contributed by atoms with Gasteiger partial charge in [0.2, 0.25) is 0 Å². The highest BCUT2D eigenvalue weighted by atomic mass is 14.9. The van der Waals surface area contributed by atoms with Crippen LogP contribution in [0.3, 0.4) is 0 Å². The summed E-state index contributed by atoms with van der Waals surface area (Å²) in [6.45, 7) is 8.31. The van der Waals surface area contributed by atoms with Gasteiger partial charge in [0.15, 0.2) is 0 Å². The summed E-state index contributed by atoms with van der Waals surface area (Å²) in [4.78, 5) is 0. The Bertz CT molecular complexity index is 520. The van der Waals surface area contributed by atoms with Crippen molar-refractivity contribution in [1.82, 2.24) is 21.3 Å². The molecular formula is C24H38N4. The van der Waals surface area contributed by atoms with E-state index in [1.54, 1.807) is 0 Å². The first-order valence-electron chi connectivity index (χ1n) is 10.9. The van der Waals surface area contributed by atoms with Crippen LogP contribution >= 0.6 is 0 Å². The van der Waals surface area contributed by atoms with Gasteiger partial charge in [-0.15, -0.1) is 0 Å². The highest BCUT2D eigenvalue weighted by Crippen LogP contribution is 1.99. The summed E-state index contributed by atoms with van der Waals surface area (Å²) in [5, 5.41) is 14.0. The minimum atomic E-state index is 0.956. The van der Waals surface area contributed by atoms with E-state index in [9.17, 15) is 0 Å². The Morgan fingerprint density at radius 2 is 0.786 bits per heavy atom. The molecule has 2 aromatic carbocycles. The van der Waals surface area contributed by atoms with Crippen LogP contribution in [0, 0.1) is 0 Å².